The van der Waals surface area contributed by atoms with Gasteiger partial charge in [0, 0.05) is 4.88 Å². The van der Waals surface area contributed by atoms with Crippen LogP contribution in [0.5, 0.6) is 5.75 Å². The second kappa shape index (κ2) is 10.5. The van der Waals surface area contributed by atoms with Crippen molar-refractivity contribution in [3.63, 3.8) is 0 Å². The van der Waals surface area contributed by atoms with Crippen molar-refractivity contribution >= 4 is 34.7 Å². The standard InChI is InChI=1S/C26H28N2O4S2/c1-5-8-19-22(25(30)31-6-2)23(20-9-7-14-33-20)28-24(29)21(34-26(28)27-19)15-17-10-12-18(13-11-17)32-16(3)4/h7,9-16,23H,5-6,8H2,1-4H3/b21-15-/t23-/m0/s1. The average molecular weight is 497 g/mol. The fourth-order valence-electron chi connectivity index (χ4n) is 3.90. The molecule has 0 spiro atoms. The zero-order valence-electron chi connectivity index (χ0n) is 19.7. The zero-order chi connectivity index (χ0) is 24.2. The van der Waals surface area contributed by atoms with Crippen LogP contribution in [-0.2, 0) is 9.53 Å². The summed E-state index contributed by atoms with van der Waals surface area (Å²) in [4.78, 5) is 33.0. The Hall–Kier alpha value is -2.97. The molecule has 2 aromatic heterocycles. The number of carbonyl (C=O) groups is 1. The van der Waals surface area contributed by atoms with E-state index in [2.05, 4.69) is 0 Å². The molecule has 0 radical (unpaired) electrons. The van der Waals surface area contributed by atoms with Crippen molar-refractivity contribution < 1.29 is 14.3 Å². The topological polar surface area (TPSA) is 69.9 Å². The normalized spacial score (nSPS) is 15.9. The van der Waals surface area contributed by atoms with Crippen molar-refractivity contribution in [1.29, 1.82) is 0 Å². The van der Waals surface area contributed by atoms with Gasteiger partial charge in [-0.3, -0.25) is 9.36 Å². The van der Waals surface area contributed by atoms with E-state index in [1.807, 2.05) is 68.6 Å². The minimum atomic E-state index is -0.541. The molecule has 0 bridgehead atoms. The Morgan fingerprint density at radius 3 is 2.59 bits per heavy atom. The number of thiophene rings is 1. The summed E-state index contributed by atoms with van der Waals surface area (Å²) in [5.74, 6) is 0.373. The van der Waals surface area contributed by atoms with E-state index < -0.39 is 12.0 Å². The lowest BCUT2D eigenvalue weighted by Crippen LogP contribution is -2.39. The van der Waals surface area contributed by atoms with Crippen LogP contribution in [0.2, 0.25) is 0 Å². The highest BCUT2D eigenvalue weighted by atomic mass is 32.1. The summed E-state index contributed by atoms with van der Waals surface area (Å²) in [6, 6.07) is 11.0. The van der Waals surface area contributed by atoms with Crippen LogP contribution in [0.15, 0.2) is 62.8 Å². The van der Waals surface area contributed by atoms with E-state index in [0.29, 0.717) is 27.0 Å². The first-order chi connectivity index (χ1) is 16.4. The van der Waals surface area contributed by atoms with Crippen LogP contribution in [0.3, 0.4) is 0 Å². The average Bonchev–Trinajstić information content (AvgIpc) is 3.43. The van der Waals surface area contributed by atoms with Gasteiger partial charge in [-0.05, 0) is 62.4 Å². The fourth-order valence-corrected chi connectivity index (χ4v) is 5.75. The van der Waals surface area contributed by atoms with E-state index in [-0.39, 0.29) is 18.3 Å². The molecule has 0 amide bonds. The minimum absolute atomic E-state index is 0.0951. The van der Waals surface area contributed by atoms with Crippen LogP contribution in [0, 0.1) is 0 Å². The van der Waals surface area contributed by atoms with Crippen LogP contribution >= 0.6 is 22.7 Å². The van der Waals surface area contributed by atoms with Gasteiger partial charge in [0.25, 0.3) is 5.56 Å². The first-order valence-electron chi connectivity index (χ1n) is 11.4. The molecule has 34 heavy (non-hydrogen) atoms. The van der Waals surface area contributed by atoms with Crippen molar-refractivity contribution in [3.8, 4) is 5.75 Å². The van der Waals surface area contributed by atoms with E-state index in [1.54, 1.807) is 11.5 Å². The van der Waals surface area contributed by atoms with Crippen LogP contribution < -0.4 is 19.6 Å². The third-order valence-electron chi connectivity index (χ3n) is 5.25. The smallest absolute Gasteiger partial charge is 0.338 e. The Balaban J connectivity index is 1.86. The number of nitrogens with zero attached hydrogens (tertiary/aromatic N) is 2. The summed E-state index contributed by atoms with van der Waals surface area (Å²) < 4.78 is 13.3. The lowest BCUT2D eigenvalue weighted by molar-refractivity contribution is -0.139. The van der Waals surface area contributed by atoms with Crippen molar-refractivity contribution in [2.45, 2.75) is 52.7 Å². The monoisotopic (exact) mass is 496 g/mol. The maximum atomic E-state index is 13.6. The third kappa shape index (κ3) is 4.93. The molecule has 0 aliphatic carbocycles. The lowest BCUT2D eigenvalue weighted by atomic mass is 9.99. The number of rotatable bonds is 8. The van der Waals surface area contributed by atoms with Crippen LogP contribution in [0.4, 0.5) is 0 Å². The Kier molecular flexibility index (Phi) is 7.48. The highest BCUT2D eigenvalue weighted by Crippen LogP contribution is 2.34. The molecular weight excluding hydrogens is 468 g/mol. The maximum absolute atomic E-state index is 13.6. The van der Waals surface area contributed by atoms with Gasteiger partial charge in [-0.15, -0.1) is 11.3 Å². The van der Waals surface area contributed by atoms with E-state index in [0.717, 1.165) is 22.6 Å². The molecule has 8 heteroatoms. The van der Waals surface area contributed by atoms with Crippen molar-refractivity contribution in [1.82, 2.24) is 4.57 Å². The molecule has 3 aromatic rings. The second-order valence-electron chi connectivity index (χ2n) is 8.16. The Morgan fingerprint density at radius 1 is 1.21 bits per heavy atom. The highest BCUT2D eigenvalue weighted by Gasteiger charge is 2.34. The quantitative estimate of drug-likeness (QED) is 0.433. The van der Waals surface area contributed by atoms with Gasteiger partial charge in [0.1, 0.15) is 11.8 Å². The summed E-state index contributed by atoms with van der Waals surface area (Å²) in [6.07, 6.45) is 3.43. The molecular formula is C26H28N2O4S2. The van der Waals surface area contributed by atoms with E-state index >= 15 is 0 Å². The molecule has 1 aliphatic heterocycles. The minimum Gasteiger partial charge on any atom is -0.491 e. The van der Waals surface area contributed by atoms with Gasteiger partial charge in [-0.1, -0.05) is 42.9 Å². The number of benzene rings is 1. The lowest BCUT2D eigenvalue weighted by Gasteiger charge is -2.24. The third-order valence-corrected chi connectivity index (χ3v) is 7.16. The van der Waals surface area contributed by atoms with Crippen LogP contribution in [0.25, 0.3) is 6.08 Å². The molecule has 0 N–H and O–H groups in total. The SMILES string of the molecule is CCCC1=C(C(=O)OCC)[C@H](c2cccs2)n2c(s/c(=C\c3ccc(OC(C)C)cc3)c2=O)=N1. The summed E-state index contributed by atoms with van der Waals surface area (Å²) in [6.45, 7) is 8.06. The number of esters is 1. The number of carbonyl (C=O) groups excluding carboxylic acids is 1. The van der Waals surface area contributed by atoms with Gasteiger partial charge in [0.05, 0.1) is 28.5 Å². The van der Waals surface area contributed by atoms with Crippen molar-refractivity contribution in [3.05, 3.63) is 83.2 Å². The van der Waals surface area contributed by atoms with E-state index in [1.165, 1.54) is 22.7 Å². The fraction of sp³-hybridized carbons (Fsp3) is 0.346. The predicted octanol–water partition coefficient (Wildman–Crippen LogP) is 4.43. The van der Waals surface area contributed by atoms with Crippen molar-refractivity contribution in [2.75, 3.05) is 6.61 Å². The number of ether oxygens (including phenoxy) is 2. The molecule has 1 aliphatic rings. The summed E-state index contributed by atoms with van der Waals surface area (Å²) in [7, 11) is 0. The zero-order valence-corrected chi connectivity index (χ0v) is 21.4. The molecule has 0 saturated carbocycles. The highest BCUT2D eigenvalue weighted by molar-refractivity contribution is 7.10. The van der Waals surface area contributed by atoms with E-state index in [4.69, 9.17) is 14.5 Å². The molecule has 4 rings (SSSR count). The van der Waals surface area contributed by atoms with Gasteiger partial charge in [0.2, 0.25) is 0 Å². The maximum Gasteiger partial charge on any atom is 0.338 e. The first-order valence-corrected chi connectivity index (χ1v) is 13.1. The van der Waals surface area contributed by atoms with Gasteiger partial charge < -0.3 is 9.47 Å². The van der Waals surface area contributed by atoms with Crippen LogP contribution in [0.1, 0.15) is 57.0 Å². The summed E-state index contributed by atoms with van der Waals surface area (Å²) >= 11 is 2.86. The number of hydrogen-bond acceptors (Lipinski definition) is 7. The number of aromatic nitrogens is 1. The summed E-state index contributed by atoms with van der Waals surface area (Å²) in [5, 5.41) is 1.95. The molecule has 1 aromatic carbocycles. The predicted molar refractivity (Wildman–Crippen MR) is 136 cm³/mol. The molecule has 3 heterocycles. The molecule has 6 nitrogen and oxygen atoms in total. The molecule has 0 fully saturated rings. The first kappa shape index (κ1) is 24.2. The molecule has 178 valence electrons. The molecule has 1 atom stereocenters. The van der Waals surface area contributed by atoms with Crippen LogP contribution in [-0.4, -0.2) is 23.2 Å². The number of thiazole rings is 1. The number of hydrogen-bond donors (Lipinski definition) is 0. The summed E-state index contributed by atoms with van der Waals surface area (Å²) in [5.41, 5.74) is 1.89. The number of allylic oxidation sites excluding steroid dienone is 1. The van der Waals surface area contributed by atoms with Gasteiger partial charge in [-0.2, -0.15) is 0 Å². The molecule has 0 unspecified atom stereocenters. The number of fused-ring (bicyclic) bond motifs is 1. The Bertz CT molecular complexity index is 1360. The van der Waals surface area contributed by atoms with Gasteiger partial charge in [-0.25, -0.2) is 9.79 Å². The van der Waals surface area contributed by atoms with E-state index in [9.17, 15) is 9.59 Å². The Labute approximate surface area is 206 Å². The molecule has 0 saturated heterocycles. The Morgan fingerprint density at radius 2 is 1.97 bits per heavy atom. The largest absolute Gasteiger partial charge is 0.491 e. The van der Waals surface area contributed by atoms with Gasteiger partial charge >= 0.3 is 5.97 Å². The van der Waals surface area contributed by atoms with Crippen molar-refractivity contribution in [2.24, 2.45) is 4.99 Å². The second-order valence-corrected chi connectivity index (χ2v) is 10.2. The van der Waals surface area contributed by atoms with Gasteiger partial charge in [0.15, 0.2) is 4.80 Å².